The van der Waals surface area contributed by atoms with Crippen molar-refractivity contribution in [3.63, 3.8) is 0 Å². The van der Waals surface area contributed by atoms with Crippen LogP contribution in [-0.2, 0) is 33.2 Å². The lowest BCUT2D eigenvalue weighted by Gasteiger charge is -2.35. The van der Waals surface area contributed by atoms with Crippen molar-refractivity contribution in [2.45, 2.75) is 104 Å². The summed E-state index contributed by atoms with van der Waals surface area (Å²) < 4.78 is 29.1. The van der Waals surface area contributed by atoms with Gasteiger partial charge in [0.2, 0.25) is 17.7 Å². The largest absolute Gasteiger partial charge is 0.494 e. The number of hydrogen-bond acceptors (Lipinski definition) is 11. The average Bonchev–Trinajstić information content (AvgIpc) is 3.81. The Bertz CT molecular complexity index is 1780. The summed E-state index contributed by atoms with van der Waals surface area (Å²) in [6.07, 6.45) is -0.772. The summed E-state index contributed by atoms with van der Waals surface area (Å²) in [6, 6.07) is 13.3. The Labute approximate surface area is 334 Å². The normalized spacial score (nSPS) is 20.1. The minimum Gasteiger partial charge on any atom is -0.491 e. The van der Waals surface area contributed by atoms with Gasteiger partial charge >= 0.3 is 7.12 Å². The molecule has 1 aromatic heterocycles. The summed E-state index contributed by atoms with van der Waals surface area (Å²) in [5, 5.41) is 16.4. The van der Waals surface area contributed by atoms with Crippen LogP contribution in [0.2, 0.25) is 0 Å². The van der Waals surface area contributed by atoms with Crippen LogP contribution >= 0.6 is 11.3 Å². The average molecular weight is 793 g/mol. The number of carbonyl (C=O) groups is 3. The Morgan fingerprint density at radius 1 is 0.964 bits per heavy atom. The molecule has 3 N–H and O–H groups in total. The first kappa shape index (κ1) is 43.3. The van der Waals surface area contributed by atoms with Crippen LogP contribution in [0.5, 0.6) is 5.75 Å². The molecule has 0 aliphatic carbocycles. The molecule has 15 heteroatoms. The second kappa shape index (κ2) is 18.2. The first-order valence-corrected chi connectivity index (χ1v) is 20.1. The quantitative estimate of drug-likeness (QED) is 0.142. The predicted molar refractivity (Wildman–Crippen MR) is 216 cm³/mol. The maximum atomic E-state index is 14.0. The van der Waals surface area contributed by atoms with Gasteiger partial charge in [0.25, 0.3) is 0 Å². The maximum absolute atomic E-state index is 14.0. The Morgan fingerprint density at radius 2 is 1.59 bits per heavy atom. The van der Waals surface area contributed by atoms with E-state index in [-0.39, 0.29) is 44.7 Å². The molecule has 1 unspecified atom stereocenters. The summed E-state index contributed by atoms with van der Waals surface area (Å²) >= 11 is 1.58. The number of ether oxygens (including phenoxy) is 3. The lowest BCUT2D eigenvalue weighted by Crippen LogP contribution is -2.58. The number of nitrogens with one attached hydrogen (secondary N) is 2. The molecular weight excluding hydrogens is 735 g/mol. The molecule has 4 atom stereocenters. The fraction of sp³-hybridized carbons (Fsp3) is 0.561. The molecule has 3 amide bonds. The molecule has 3 heterocycles. The van der Waals surface area contributed by atoms with Gasteiger partial charge in [-0.1, -0.05) is 57.2 Å². The van der Waals surface area contributed by atoms with Gasteiger partial charge in [-0.15, -0.1) is 11.3 Å². The van der Waals surface area contributed by atoms with Crippen molar-refractivity contribution in [2.24, 2.45) is 5.41 Å². The fourth-order valence-corrected chi connectivity index (χ4v) is 7.33. The van der Waals surface area contributed by atoms with Crippen LogP contribution in [0, 0.1) is 12.3 Å². The molecule has 0 spiro atoms. The second-order valence-corrected chi connectivity index (χ2v) is 17.4. The van der Waals surface area contributed by atoms with Gasteiger partial charge in [-0.3, -0.25) is 14.4 Å². The zero-order chi connectivity index (χ0) is 40.8. The van der Waals surface area contributed by atoms with Gasteiger partial charge in [0.15, 0.2) is 0 Å². The van der Waals surface area contributed by atoms with E-state index in [1.165, 1.54) is 4.90 Å². The Balaban J connectivity index is 1.03. The van der Waals surface area contributed by atoms with E-state index in [0.717, 1.165) is 27.2 Å². The van der Waals surface area contributed by atoms with E-state index >= 15 is 0 Å². The molecule has 5 rings (SSSR count). The van der Waals surface area contributed by atoms with Crippen molar-refractivity contribution < 1.29 is 43.0 Å². The van der Waals surface area contributed by atoms with Crippen molar-refractivity contribution in [1.29, 1.82) is 0 Å². The van der Waals surface area contributed by atoms with Crippen LogP contribution in [0.3, 0.4) is 0 Å². The summed E-state index contributed by atoms with van der Waals surface area (Å²) in [4.78, 5) is 47.3. The molecule has 0 saturated carbocycles. The van der Waals surface area contributed by atoms with E-state index in [1.54, 1.807) is 11.3 Å². The fourth-order valence-electron chi connectivity index (χ4n) is 6.52. The molecule has 13 nitrogen and oxygen atoms in total. The smallest absolute Gasteiger partial charge is 0.491 e. The molecule has 2 fully saturated rings. The molecule has 2 aromatic carbocycles. The zero-order valence-corrected chi connectivity index (χ0v) is 34.9. The summed E-state index contributed by atoms with van der Waals surface area (Å²) in [6.45, 7) is 18.2. The maximum Gasteiger partial charge on any atom is 0.494 e. The third kappa shape index (κ3) is 10.7. The number of nitrogens with zero attached hydrogens (tertiary/aromatic N) is 2. The van der Waals surface area contributed by atoms with Gasteiger partial charge < -0.3 is 44.2 Å². The molecular formula is C41H57BN4O9S. The Kier molecular flexibility index (Phi) is 14.0. The van der Waals surface area contributed by atoms with E-state index in [4.69, 9.17) is 23.5 Å². The van der Waals surface area contributed by atoms with Crippen LogP contribution in [0.1, 0.15) is 79.1 Å². The first-order chi connectivity index (χ1) is 26.4. The molecule has 0 radical (unpaired) electrons. The van der Waals surface area contributed by atoms with Crippen molar-refractivity contribution in [1.82, 2.24) is 20.5 Å². The highest BCUT2D eigenvalue weighted by atomic mass is 32.1. The molecule has 2 saturated heterocycles. The number of hydrogen-bond donors (Lipinski definition) is 3. The topological polar surface area (TPSA) is 158 Å². The number of rotatable bonds is 16. The van der Waals surface area contributed by atoms with Crippen molar-refractivity contribution >= 4 is 41.6 Å². The number of aliphatic hydroxyl groups excluding tert-OH is 1. The number of aryl methyl sites for hydroxylation is 1. The highest BCUT2D eigenvalue weighted by molar-refractivity contribution is 7.13. The summed E-state index contributed by atoms with van der Waals surface area (Å²) in [5.74, 6) is -0.588. The van der Waals surface area contributed by atoms with Crippen LogP contribution in [0.15, 0.2) is 54.0 Å². The molecule has 0 bridgehead atoms. The Morgan fingerprint density at radius 3 is 2.20 bits per heavy atom. The summed E-state index contributed by atoms with van der Waals surface area (Å²) in [7, 11) is -0.437. The van der Waals surface area contributed by atoms with E-state index < -0.39 is 53.7 Å². The first-order valence-electron chi connectivity index (χ1n) is 19.2. The van der Waals surface area contributed by atoms with E-state index in [1.807, 2.05) is 116 Å². The van der Waals surface area contributed by atoms with Crippen LogP contribution < -0.4 is 20.8 Å². The third-order valence-corrected chi connectivity index (χ3v) is 11.5. The van der Waals surface area contributed by atoms with Gasteiger partial charge in [-0.25, -0.2) is 4.98 Å². The number of thiazole rings is 1. The van der Waals surface area contributed by atoms with Gasteiger partial charge in [-0.05, 0) is 75.7 Å². The highest BCUT2D eigenvalue weighted by Crippen LogP contribution is 2.36. The minimum atomic E-state index is -0.960. The minimum absolute atomic E-state index is 0.0130. The number of aromatic nitrogens is 1. The molecule has 2 aliphatic rings. The molecule has 56 heavy (non-hydrogen) atoms. The molecule has 2 aliphatic heterocycles. The lowest BCUT2D eigenvalue weighted by molar-refractivity contribution is -0.144. The number of amides is 3. The zero-order valence-electron chi connectivity index (χ0n) is 34.0. The van der Waals surface area contributed by atoms with Gasteiger partial charge in [0, 0.05) is 13.0 Å². The Hall–Kier alpha value is -3.86. The molecule has 3 aromatic rings. The third-order valence-electron chi connectivity index (χ3n) is 10.6. The lowest BCUT2D eigenvalue weighted by atomic mass is 9.79. The number of benzene rings is 2. The van der Waals surface area contributed by atoms with Crippen LogP contribution in [-0.4, -0.2) is 109 Å². The number of carbonyl (C=O) groups excluding carboxylic acids is 3. The molecule has 304 valence electrons. The van der Waals surface area contributed by atoms with E-state index in [0.29, 0.717) is 19.0 Å². The van der Waals surface area contributed by atoms with Crippen molar-refractivity contribution in [3.8, 4) is 16.2 Å². The monoisotopic (exact) mass is 792 g/mol. The number of β-amino-alcohol motifs (C(OH)–C–C–N with tert-alkyl or cyclic N) is 1. The van der Waals surface area contributed by atoms with E-state index in [9.17, 15) is 19.5 Å². The van der Waals surface area contributed by atoms with Crippen LogP contribution in [0.25, 0.3) is 10.4 Å². The predicted octanol–water partition coefficient (Wildman–Crippen LogP) is 4.20. The van der Waals surface area contributed by atoms with Crippen molar-refractivity contribution in [2.75, 3.05) is 39.6 Å². The number of likely N-dealkylation sites (tertiary alicyclic amines) is 1. The van der Waals surface area contributed by atoms with Crippen molar-refractivity contribution in [3.05, 3.63) is 65.3 Å². The number of aliphatic hydroxyl groups is 1. The highest BCUT2D eigenvalue weighted by Gasteiger charge is 2.51. The standard InChI is InChI=1S/C41H57BN4O9S/c1-26(28-10-12-29(13-11-28)35-27(2)43-25-56-35)44-37(49)33-22-31(47)23-46(33)38(50)36(39(3,4)5)45-34(48)24-52-19-18-51-20-21-53-32-16-14-30(15-17-32)42-54-40(6,7)41(8,9)55-42/h10-17,25-26,31,33,36,47H,18-24H2,1-9H3,(H,44,49)(H,45,48)/t26-,31-,33+,36?/m0/s1. The second-order valence-electron chi connectivity index (χ2n) is 16.6. The van der Waals surface area contributed by atoms with Crippen LogP contribution in [0.4, 0.5) is 0 Å². The summed E-state index contributed by atoms with van der Waals surface area (Å²) in [5.41, 5.74) is 4.14. The van der Waals surface area contributed by atoms with Gasteiger partial charge in [-0.2, -0.15) is 0 Å². The van der Waals surface area contributed by atoms with E-state index in [2.05, 4.69) is 15.6 Å². The van der Waals surface area contributed by atoms with Gasteiger partial charge in [0.05, 0.1) is 59.3 Å². The SMILES string of the molecule is Cc1ncsc1-c1ccc([C@H](C)NC(=O)[C@H]2C[C@H](O)CN2C(=O)C(NC(=O)COCCOCCOc2ccc(B3OC(C)(C)C(C)(C)O3)cc2)C(C)(C)C)cc1. The van der Waals surface area contributed by atoms with Gasteiger partial charge in [0.1, 0.15) is 31.0 Å².